The number of hydrogen-bond acceptors (Lipinski definition) is 3. The second-order valence-corrected chi connectivity index (χ2v) is 6.83. The van der Waals surface area contributed by atoms with Gasteiger partial charge in [-0.15, -0.1) is 0 Å². The number of carbonyl (C=O) groups excluding carboxylic acids is 1. The summed E-state index contributed by atoms with van der Waals surface area (Å²) in [5.74, 6) is 0.708. The second-order valence-electron chi connectivity index (χ2n) is 6.83. The SMILES string of the molecule is CC1(C)C=CC=C(c2cnc(-c3ccc(CCC=O)cc3)nc2)C=C1. The third-order valence-electron chi connectivity index (χ3n) is 4.24. The molecule has 2 aromatic rings. The zero-order valence-corrected chi connectivity index (χ0v) is 14.6. The molecule has 0 radical (unpaired) electrons. The molecule has 0 unspecified atom stereocenters. The van der Waals surface area contributed by atoms with Gasteiger partial charge in [0, 0.05) is 35.4 Å². The van der Waals surface area contributed by atoms with Gasteiger partial charge in [-0.2, -0.15) is 0 Å². The first-order chi connectivity index (χ1) is 12.1. The Balaban J connectivity index is 1.77. The first-order valence-electron chi connectivity index (χ1n) is 8.51. The summed E-state index contributed by atoms with van der Waals surface area (Å²) in [5, 5.41) is 0. The van der Waals surface area contributed by atoms with Crippen LogP contribution in [0.25, 0.3) is 17.0 Å². The van der Waals surface area contributed by atoms with Gasteiger partial charge in [0.05, 0.1) is 0 Å². The molecule has 1 aromatic heterocycles. The second kappa shape index (κ2) is 7.39. The van der Waals surface area contributed by atoms with Crippen LogP contribution >= 0.6 is 0 Å². The summed E-state index contributed by atoms with van der Waals surface area (Å²) in [6.45, 7) is 4.35. The maximum absolute atomic E-state index is 10.5. The van der Waals surface area contributed by atoms with Gasteiger partial charge in [0.1, 0.15) is 6.29 Å². The third-order valence-corrected chi connectivity index (χ3v) is 4.24. The third kappa shape index (κ3) is 4.38. The van der Waals surface area contributed by atoms with E-state index in [2.05, 4.69) is 54.2 Å². The highest BCUT2D eigenvalue weighted by atomic mass is 16.1. The Morgan fingerprint density at radius 1 is 1.00 bits per heavy atom. The van der Waals surface area contributed by atoms with Crippen LogP contribution in [0.15, 0.2) is 67.0 Å². The molecule has 1 heterocycles. The van der Waals surface area contributed by atoms with E-state index in [9.17, 15) is 4.79 Å². The minimum absolute atomic E-state index is 0.0602. The number of allylic oxidation sites excluding steroid dienone is 6. The van der Waals surface area contributed by atoms with Crippen molar-refractivity contribution in [2.45, 2.75) is 26.7 Å². The first kappa shape index (κ1) is 17.0. The van der Waals surface area contributed by atoms with Crippen LogP contribution in [0, 0.1) is 5.41 Å². The Morgan fingerprint density at radius 2 is 1.72 bits per heavy atom. The van der Waals surface area contributed by atoms with Crippen LogP contribution in [0.2, 0.25) is 0 Å². The van der Waals surface area contributed by atoms with Gasteiger partial charge in [0.15, 0.2) is 5.82 Å². The van der Waals surface area contributed by atoms with Crippen LogP contribution in [0.5, 0.6) is 0 Å². The highest BCUT2D eigenvalue weighted by Gasteiger charge is 2.11. The first-order valence-corrected chi connectivity index (χ1v) is 8.51. The predicted molar refractivity (Wildman–Crippen MR) is 102 cm³/mol. The van der Waals surface area contributed by atoms with Crippen LogP contribution in [0.1, 0.15) is 31.4 Å². The Bertz CT molecular complexity index is 825. The van der Waals surface area contributed by atoms with E-state index in [1.54, 1.807) is 0 Å². The van der Waals surface area contributed by atoms with Crippen molar-refractivity contribution in [3.8, 4) is 11.4 Å². The molecule has 0 saturated carbocycles. The smallest absolute Gasteiger partial charge is 0.159 e. The average molecular weight is 330 g/mol. The summed E-state index contributed by atoms with van der Waals surface area (Å²) in [7, 11) is 0. The van der Waals surface area contributed by atoms with Gasteiger partial charge in [0.25, 0.3) is 0 Å². The van der Waals surface area contributed by atoms with E-state index in [-0.39, 0.29) is 5.41 Å². The van der Waals surface area contributed by atoms with Gasteiger partial charge >= 0.3 is 0 Å². The number of rotatable bonds is 5. The Morgan fingerprint density at radius 3 is 2.40 bits per heavy atom. The lowest BCUT2D eigenvalue weighted by Gasteiger charge is -2.12. The lowest BCUT2D eigenvalue weighted by molar-refractivity contribution is -0.107. The maximum atomic E-state index is 10.5. The summed E-state index contributed by atoms with van der Waals surface area (Å²) < 4.78 is 0. The Labute approximate surface area is 148 Å². The molecule has 25 heavy (non-hydrogen) atoms. The molecule has 3 heteroatoms. The highest BCUT2D eigenvalue weighted by Crippen LogP contribution is 2.26. The molecule has 0 N–H and O–H groups in total. The topological polar surface area (TPSA) is 42.9 Å². The van der Waals surface area contributed by atoms with E-state index >= 15 is 0 Å². The molecule has 1 aliphatic carbocycles. The minimum atomic E-state index is 0.0602. The molecule has 1 aromatic carbocycles. The lowest BCUT2D eigenvalue weighted by Crippen LogP contribution is -2.00. The summed E-state index contributed by atoms with van der Waals surface area (Å²) in [6, 6.07) is 8.07. The Hall–Kier alpha value is -2.81. The predicted octanol–water partition coefficient (Wildman–Crippen LogP) is 4.81. The van der Waals surface area contributed by atoms with Crippen LogP contribution < -0.4 is 0 Å². The maximum Gasteiger partial charge on any atom is 0.159 e. The van der Waals surface area contributed by atoms with Crippen LogP contribution in [-0.2, 0) is 11.2 Å². The van der Waals surface area contributed by atoms with E-state index in [1.165, 1.54) is 0 Å². The molecule has 0 aliphatic heterocycles. The minimum Gasteiger partial charge on any atom is -0.303 e. The van der Waals surface area contributed by atoms with Crippen LogP contribution in [0.3, 0.4) is 0 Å². The van der Waals surface area contributed by atoms with Gasteiger partial charge in [-0.25, -0.2) is 9.97 Å². The molecule has 0 spiro atoms. The zero-order chi connectivity index (χ0) is 17.7. The fraction of sp³-hybridized carbons (Fsp3) is 0.227. The normalized spacial score (nSPS) is 15.5. The molecule has 126 valence electrons. The molecule has 1 aliphatic rings. The van der Waals surface area contributed by atoms with Crippen molar-refractivity contribution in [2.24, 2.45) is 5.41 Å². The van der Waals surface area contributed by atoms with E-state index in [0.717, 1.165) is 35.0 Å². The monoisotopic (exact) mass is 330 g/mol. The summed E-state index contributed by atoms with van der Waals surface area (Å²) in [5.41, 5.74) is 4.30. The highest BCUT2D eigenvalue weighted by molar-refractivity contribution is 5.75. The number of aromatic nitrogens is 2. The molecular formula is C22H22N2O. The summed E-state index contributed by atoms with van der Waals surface area (Å²) in [4.78, 5) is 19.5. The number of carbonyl (C=O) groups is 1. The molecular weight excluding hydrogens is 308 g/mol. The van der Waals surface area contributed by atoms with E-state index < -0.39 is 0 Å². The Kier molecular flexibility index (Phi) is 5.03. The number of benzene rings is 1. The van der Waals surface area contributed by atoms with Crippen LogP contribution in [0.4, 0.5) is 0 Å². The number of hydrogen-bond donors (Lipinski definition) is 0. The average Bonchev–Trinajstić information content (AvgIpc) is 2.81. The molecule has 0 amide bonds. The van der Waals surface area contributed by atoms with Crippen molar-refractivity contribution in [3.05, 3.63) is 78.2 Å². The van der Waals surface area contributed by atoms with E-state index in [1.807, 2.05) is 36.7 Å². The van der Waals surface area contributed by atoms with Gasteiger partial charge in [-0.05, 0) is 17.6 Å². The van der Waals surface area contributed by atoms with Crippen molar-refractivity contribution in [1.82, 2.24) is 9.97 Å². The van der Waals surface area contributed by atoms with Crippen molar-refractivity contribution in [3.63, 3.8) is 0 Å². The van der Waals surface area contributed by atoms with Gasteiger partial charge in [0.2, 0.25) is 0 Å². The number of nitrogens with zero attached hydrogens (tertiary/aromatic N) is 2. The summed E-state index contributed by atoms with van der Waals surface area (Å²) >= 11 is 0. The number of aryl methyl sites for hydroxylation is 1. The van der Waals surface area contributed by atoms with Gasteiger partial charge in [-0.1, -0.05) is 68.5 Å². The van der Waals surface area contributed by atoms with E-state index in [4.69, 9.17) is 0 Å². The molecule has 0 saturated heterocycles. The summed E-state index contributed by atoms with van der Waals surface area (Å²) in [6.07, 6.45) is 16.7. The molecule has 0 fully saturated rings. The molecule has 3 nitrogen and oxygen atoms in total. The number of aldehydes is 1. The van der Waals surface area contributed by atoms with Crippen molar-refractivity contribution >= 4 is 11.9 Å². The quantitative estimate of drug-likeness (QED) is 0.739. The van der Waals surface area contributed by atoms with Gasteiger partial charge in [-0.3, -0.25) is 0 Å². The molecule has 0 atom stereocenters. The van der Waals surface area contributed by atoms with Crippen molar-refractivity contribution < 1.29 is 4.79 Å². The van der Waals surface area contributed by atoms with Crippen molar-refractivity contribution in [1.29, 1.82) is 0 Å². The standard InChI is InChI=1S/C22H22N2O/c1-22(2)12-3-6-18(11-13-22)20-15-23-21(24-16-20)19-9-7-17(8-10-19)5-4-14-25/h3,6-16H,4-5H2,1-2H3. The lowest BCUT2D eigenvalue weighted by atomic mass is 9.93. The molecule has 3 rings (SSSR count). The van der Waals surface area contributed by atoms with E-state index in [0.29, 0.717) is 12.2 Å². The fourth-order valence-electron chi connectivity index (χ4n) is 2.68. The molecule has 0 bridgehead atoms. The van der Waals surface area contributed by atoms with Gasteiger partial charge < -0.3 is 4.79 Å². The van der Waals surface area contributed by atoms with Crippen LogP contribution in [-0.4, -0.2) is 16.3 Å². The zero-order valence-electron chi connectivity index (χ0n) is 14.6. The largest absolute Gasteiger partial charge is 0.303 e. The van der Waals surface area contributed by atoms with Crippen molar-refractivity contribution in [2.75, 3.05) is 0 Å². The fourth-order valence-corrected chi connectivity index (χ4v) is 2.68.